The molecule has 1 heterocycles. The second-order valence-electron chi connectivity index (χ2n) is 8.29. The fraction of sp³-hybridized carbons (Fsp3) is 0.308. The van der Waals surface area contributed by atoms with Crippen LogP contribution < -0.4 is 5.32 Å². The van der Waals surface area contributed by atoms with Crippen molar-refractivity contribution in [1.29, 1.82) is 0 Å². The van der Waals surface area contributed by atoms with Crippen LogP contribution in [0.1, 0.15) is 65.6 Å². The van der Waals surface area contributed by atoms with Gasteiger partial charge >= 0.3 is 5.97 Å². The Morgan fingerprint density at radius 2 is 1.87 bits per heavy atom. The molecule has 5 heteroatoms. The summed E-state index contributed by atoms with van der Waals surface area (Å²) >= 11 is 0. The highest BCUT2D eigenvalue weighted by Gasteiger charge is 2.21. The number of carbonyl (C=O) groups is 2. The van der Waals surface area contributed by atoms with E-state index in [0.29, 0.717) is 29.4 Å². The van der Waals surface area contributed by atoms with Gasteiger partial charge in [0, 0.05) is 23.1 Å². The van der Waals surface area contributed by atoms with Crippen molar-refractivity contribution in [3.05, 3.63) is 77.5 Å². The molecule has 162 valence electrons. The maximum atomic E-state index is 13.3. The molecule has 0 saturated heterocycles. The largest absolute Gasteiger partial charge is 0.459 e. The number of rotatable bonds is 7. The van der Waals surface area contributed by atoms with Crippen molar-refractivity contribution in [1.82, 2.24) is 4.57 Å². The number of amides is 1. The molecule has 0 aliphatic rings. The zero-order valence-electron chi connectivity index (χ0n) is 18.9. The summed E-state index contributed by atoms with van der Waals surface area (Å²) in [5, 5.41) is 4.01. The Morgan fingerprint density at radius 1 is 1.13 bits per heavy atom. The van der Waals surface area contributed by atoms with E-state index in [1.807, 2.05) is 11.5 Å². The van der Waals surface area contributed by atoms with E-state index in [1.165, 1.54) is 5.56 Å². The van der Waals surface area contributed by atoms with Crippen LogP contribution in [0.5, 0.6) is 0 Å². The number of nitrogens with one attached hydrogen (secondary N) is 1. The summed E-state index contributed by atoms with van der Waals surface area (Å²) in [7, 11) is 0. The number of anilines is 1. The molecular formula is C26H30N2O3. The van der Waals surface area contributed by atoms with Gasteiger partial charge in [0.05, 0.1) is 11.7 Å². The Bertz CT molecular complexity index is 1140. The van der Waals surface area contributed by atoms with Crippen LogP contribution in [-0.2, 0) is 11.3 Å². The monoisotopic (exact) mass is 418 g/mol. The number of aryl methyl sites for hydroxylation is 1. The molecule has 0 bridgehead atoms. The number of hydrogen-bond acceptors (Lipinski definition) is 3. The van der Waals surface area contributed by atoms with Gasteiger partial charge in [0.15, 0.2) is 0 Å². The van der Waals surface area contributed by atoms with Crippen molar-refractivity contribution in [2.75, 3.05) is 5.32 Å². The molecule has 3 rings (SSSR count). The zero-order chi connectivity index (χ0) is 22.7. The number of aromatic nitrogens is 1. The van der Waals surface area contributed by atoms with E-state index in [4.69, 9.17) is 4.74 Å². The van der Waals surface area contributed by atoms with Crippen molar-refractivity contribution in [2.45, 2.75) is 53.2 Å². The first-order valence-corrected chi connectivity index (χ1v) is 10.6. The average molecular weight is 419 g/mol. The summed E-state index contributed by atoms with van der Waals surface area (Å²) in [6, 6.07) is 13.1. The minimum Gasteiger partial charge on any atom is -0.459 e. The van der Waals surface area contributed by atoms with Gasteiger partial charge in [-0.05, 0) is 68.1 Å². The first kappa shape index (κ1) is 22.3. The zero-order valence-corrected chi connectivity index (χ0v) is 18.9. The van der Waals surface area contributed by atoms with Crippen LogP contribution in [0.4, 0.5) is 5.69 Å². The van der Waals surface area contributed by atoms with Crippen LogP contribution in [0.2, 0.25) is 0 Å². The fourth-order valence-corrected chi connectivity index (χ4v) is 3.71. The molecular weight excluding hydrogens is 388 g/mol. The third-order valence-electron chi connectivity index (χ3n) is 5.23. The van der Waals surface area contributed by atoms with Gasteiger partial charge in [-0.25, -0.2) is 4.79 Å². The van der Waals surface area contributed by atoms with Crippen LogP contribution in [-0.4, -0.2) is 22.5 Å². The molecule has 0 saturated carbocycles. The summed E-state index contributed by atoms with van der Waals surface area (Å²) < 4.78 is 7.23. The van der Waals surface area contributed by atoms with Crippen LogP contribution in [0.15, 0.2) is 55.1 Å². The first-order chi connectivity index (χ1) is 14.7. The molecule has 2 aromatic carbocycles. The Kier molecular flexibility index (Phi) is 6.64. The number of esters is 1. The highest BCUT2D eigenvalue weighted by molar-refractivity contribution is 6.08. The molecule has 1 aromatic heterocycles. The van der Waals surface area contributed by atoms with Crippen LogP contribution in [0, 0.1) is 6.92 Å². The van der Waals surface area contributed by atoms with Gasteiger partial charge in [0.2, 0.25) is 0 Å². The van der Waals surface area contributed by atoms with Gasteiger partial charge in [-0.3, -0.25) is 4.79 Å². The molecule has 0 spiro atoms. The summed E-state index contributed by atoms with van der Waals surface area (Å²) in [5.74, 6) is -0.238. The maximum Gasteiger partial charge on any atom is 0.338 e. The first-order valence-electron chi connectivity index (χ1n) is 10.6. The lowest BCUT2D eigenvalue weighted by atomic mass is 10.0. The number of fused-ring (bicyclic) bond motifs is 1. The van der Waals surface area contributed by atoms with Crippen molar-refractivity contribution < 1.29 is 14.3 Å². The lowest BCUT2D eigenvalue weighted by Crippen LogP contribution is -2.18. The molecule has 0 unspecified atom stereocenters. The van der Waals surface area contributed by atoms with Gasteiger partial charge in [0.25, 0.3) is 5.91 Å². The van der Waals surface area contributed by atoms with Crippen LogP contribution in [0.3, 0.4) is 0 Å². The van der Waals surface area contributed by atoms with Gasteiger partial charge in [-0.2, -0.15) is 0 Å². The fourth-order valence-electron chi connectivity index (χ4n) is 3.71. The van der Waals surface area contributed by atoms with Crippen molar-refractivity contribution in [3.63, 3.8) is 0 Å². The SMILES string of the molecule is C=CCn1c(C(=O)Nc2cccc(C(=O)OC(C)C)c2)c(C)c2cc(C(C)C)ccc21. The van der Waals surface area contributed by atoms with E-state index in [1.54, 1.807) is 44.2 Å². The quantitative estimate of drug-likeness (QED) is 0.374. The molecule has 1 amide bonds. The van der Waals surface area contributed by atoms with E-state index >= 15 is 0 Å². The molecule has 0 radical (unpaired) electrons. The summed E-state index contributed by atoms with van der Waals surface area (Å²) in [6.07, 6.45) is 1.58. The third-order valence-corrected chi connectivity index (χ3v) is 5.23. The molecule has 31 heavy (non-hydrogen) atoms. The van der Waals surface area contributed by atoms with E-state index in [2.05, 4.69) is 43.9 Å². The highest BCUT2D eigenvalue weighted by atomic mass is 16.5. The number of allylic oxidation sites excluding steroid dienone is 1. The molecule has 1 N–H and O–H groups in total. The molecule has 0 aliphatic heterocycles. The van der Waals surface area contributed by atoms with E-state index < -0.39 is 5.97 Å². The minimum atomic E-state index is -0.413. The molecule has 0 fully saturated rings. The van der Waals surface area contributed by atoms with Crippen LogP contribution >= 0.6 is 0 Å². The number of carbonyl (C=O) groups excluding carboxylic acids is 2. The Balaban J connectivity index is 1.99. The summed E-state index contributed by atoms with van der Waals surface area (Å²) in [4.78, 5) is 25.5. The topological polar surface area (TPSA) is 60.3 Å². The predicted molar refractivity (Wildman–Crippen MR) is 126 cm³/mol. The van der Waals surface area contributed by atoms with Crippen molar-refractivity contribution >= 4 is 28.5 Å². The minimum absolute atomic E-state index is 0.210. The second-order valence-corrected chi connectivity index (χ2v) is 8.29. The summed E-state index contributed by atoms with van der Waals surface area (Å²) in [5.41, 5.74) is 4.69. The maximum absolute atomic E-state index is 13.3. The van der Waals surface area contributed by atoms with Gasteiger partial charge in [-0.1, -0.05) is 32.1 Å². The van der Waals surface area contributed by atoms with E-state index in [9.17, 15) is 9.59 Å². The lowest BCUT2D eigenvalue weighted by Gasteiger charge is -2.12. The Morgan fingerprint density at radius 3 is 2.52 bits per heavy atom. The number of benzene rings is 2. The Labute approximate surface area is 183 Å². The third kappa shape index (κ3) is 4.71. The molecule has 0 aliphatic carbocycles. The molecule has 3 aromatic rings. The lowest BCUT2D eigenvalue weighted by molar-refractivity contribution is 0.0377. The highest BCUT2D eigenvalue weighted by Crippen LogP contribution is 2.30. The van der Waals surface area contributed by atoms with Crippen molar-refractivity contribution in [2.24, 2.45) is 0 Å². The average Bonchev–Trinajstić information content (AvgIpc) is 2.99. The van der Waals surface area contributed by atoms with Crippen LogP contribution in [0.25, 0.3) is 10.9 Å². The summed E-state index contributed by atoms with van der Waals surface area (Å²) in [6.45, 7) is 14.3. The predicted octanol–water partition coefficient (Wildman–Crippen LogP) is 6.08. The number of ether oxygens (including phenoxy) is 1. The van der Waals surface area contributed by atoms with Gasteiger partial charge < -0.3 is 14.6 Å². The van der Waals surface area contributed by atoms with Gasteiger partial charge in [-0.15, -0.1) is 6.58 Å². The molecule has 5 nitrogen and oxygen atoms in total. The second kappa shape index (κ2) is 9.21. The molecule has 0 atom stereocenters. The smallest absolute Gasteiger partial charge is 0.338 e. The normalized spacial score (nSPS) is 11.2. The standard InChI is InChI=1S/C26H30N2O3/c1-7-13-28-23-12-11-19(16(2)3)15-22(23)18(6)24(28)25(29)27-21-10-8-9-20(14-21)26(30)31-17(4)5/h7-12,14-17H,1,13H2,2-6H3,(H,27,29). The van der Waals surface area contributed by atoms with Crippen molar-refractivity contribution in [3.8, 4) is 0 Å². The Hall–Kier alpha value is -3.34. The van der Waals surface area contributed by atoms with Gasteiger partial charge in [0.1, 0.15) is 5.69 Å². The number of nitrogens with zero attached hydrogens (tertiary/aromatic N) is 1. The number of hydrogen-bond donors (Lipinski definition) is 1. The van der Waals surface area contributed by atoms with E-state index in [0.717, 1.165) is 16.5 Å². The van der Waals surface area contributed by atoms with E-state index in [-0.39, 0.29) is 12.0 Å².